The van der Waals surface area contributed by atoms with Crippen LogP contribution in [0.15, 0.2) is 54.7 Å². The van der Waals surface area contributed by atoms with Crippen molar-refractivity contribution in [3.63, 3.8) is 0 Å². The third-order valence-corrected chi connectivity index (χ3v) is 5.02. The van der Waals surface area contributed by atoms with Crippen molar-refractivity contribution in [2.45, 2.75) is 32.4 Å². The summed E-state index contributed by atoms with van der Waals surface area (Å²) in [6.07, 6.45) is -2.44. The fraction of sp³-hybridized carbons (Fsp3) is 0.348. The highest BCUT2D eigenvalue weighted by atomic mass is 19.4. The van der Waals surface area contributed by atoms with E-state index in [0.29, 0.717) is 18.0 Å². The van der Waals surface area contributed by atoms with E-state index in [4.69, 9.17) is 0 Å². The van der Waals surface area contributed by atoms with Gasteiger partial charge in [-0.15, -0.1) is 0 Å². The van der Waals surface area contributed by atoms with Gasteiger partial charge in [-0.3, -0.25) is 4.79 Å². The second-order valence-electron chi connectivity index (χ2n) is 7.79. The quantitative estimate of drug-likeness (QED) is 0.581. The molecule has 0 spiro atoms. The molecule has 0 aliphatic rings. The molecule has 0 fully saturated rings. The molecule has 0 radical (unpaired) electrons. The lowest BCUT2D eigenvalue weighted by Crippen LogP contribution is -2.28. The number of fused-ring (bicyclic) bond motifs is 1. The number of para-hydroxylation sites is 1. The molecule has 0 saturated heterocycles. The first kappa shape index (κ1) is 21.0. The standard InChI is InChI=1S/C23H25F3N2O/c1-15(2)13-27-22(29)12-19(16-7-6-8-17(11-16)23(24,25)26)20-14-28(3)21-10-5-4-9-18(20)21/h4-11,14-15,19H,12-13H2,1-3H3,(H,27,29)/t19-/m0/s1. The van der Waals surface area contributed by atoms with Crippen LogP contribution < -0.4 is 5.32 Å². The number of benzene rings is 2. The van der Waals surface area contributed by atoms with Crippen LogP contribution in [0.1, 0.15) is 42.9 Å². The van der Waals surface area contributed by atoms with Gasteiger partial charge in [-0.2, -0.15) is 13.2 Å². The van der Waals surface area contributed by atoms with E-state index in [1.54, 1.807) is 6.07 Å². The number of hydrogen-bond acceptors (Lipinski definition) is 1. The molecule has 0 aliphatic heterocycles. The van der Waals surface area contributed by atoms with Crippen LogP contribution in [-0.4, -0.2) is 17.0 Å². The van der Waals surface area contributed by atoms with Crippen molar-refractivity contribution in [2.24, 2.45) is 13.0 Å². The number of rotatable bonds is 6. The van der Waals surface area contributed by atoms with Gasteiger partial charge >= 0.3 is 6.18 Å². The summed E-state index contributed by atoms with van der Waals surface area (Å²) in [6, 6.07) is 13.0. The van der Waals surface area contributed by atoms with Crippen LogP contribution in [0.5, 0.6) is 0 Å². The number of nitrogens with one attached hydrogen (secondary N) is 1. The number of aromatic nitrogens is 1. The summed E-state index contributed by atoms with van der Waals surface area (Å²) in [5, 5.41) is 3.82. The maximum Gasteiger partial charge on any atom is 0.416 e. The smallest absolute Gasteiger partial charge is 0.356 e. The average Bonchev–Trinajstić information content (AvgIpc) is 3.01. The summed E-state index contributed by atoms with van der Waals surface area (Å²) in [7, 11) is 1.90. The Morgan fingerprint density at radius 3 is 2.52 bits per heavy atom. The van der Waals surface area contributed by atoms with E-state index in [1.165, 1.54) is 6.07 Å². The lowest BCUT2D eigenvalue weighted by molar-refractivity contribution is -0.137. The van der Waals surface area contributed by atoms with Gasteiger partial charge in [0.15, 0.2) is 0 Å². The summed E-state index contributed by atoms with van der Waals surface area (Å²) < 4.78 is 41.8. The van der Waals surface area contributed by atoms with Crippen molar-refractivity contribution >= 4 is 16.8 Å². The third kappa shape index (κ3) is 4.81. The zero-order valence-electron chi connectivity index (χ0n) is 16.8. The number of carbonyl (C=O) groups is 1. The van der Waals surface area contributed by atoms with Crippen molar-refractivity contribution in [3.05, 3.63) is 71.4 Å². The molecule has 154 valence electrons. The van der Waals surface area contributed by atoms with E-state index in [0.717, 1.165) is 28.6 Å². The first-order valence-electron chi connectivity index (χ1n) is 9.64. The lowest BCUT2D eigenvalue weighted by atomic mass is 9.87. The molecule has 2 aromatic carbocycles. The molecule has 1 heterocycles. The predicted molar refractivity (Wildman–Crippen MR) is 109 cm³/mol. The first-order chi connectivity index (χ1) is 13.7. The van der Waals surface area contributed by atoms with Gasteiger partial charge in [0.25, 0.3) is 0 Å². The molecule has 1 atom stereocenters. The molecule has 1 aromatic heterocycles. The average molecular weight is 402 g/mol. The molecular formula is C23H25F3N2O. The third-order valence-electron chi connectivity index (χ3n) is 5.02. The van der Waals surface area contributed by atoms with E-state index >= 15 is 0 Å². The fourth-order valence-electron chi connectivity index (χ4n) is 3.57. The summed E-state index contributed by atoms with van der Waals surface area (Å²) in [6.45, 7) is 4.52. The van der Waals surface area contributed by atoms with Crippen LogP contribution in [-0.2, 0) is 18.0 Å². The molecule has 0 bridgehead atoms. The van der Waals surface area contributed by atoms with Crippen LogP contribution in [0, 0.1) is 5.92 Å². The minimum Gasteiger partial charge on any atom is -0.356 e. The van der Waals surface area contributed by atoms with Gasteiger partial charge in [-0.1, -0.05) is 50.2 Å². The molecule has 6 heteroatoms. The highest BCUT2D eigenvalue weighted by Crippen LogP contribution is 2.37. The molecule has 0 unspecified atom stereocenters. The van der Waals surface area contributed by atoms with Crippen LogP contribution in [0.3, 0.4) is 0 Å². The monoisotopic (exact) mass is 402 g/mol. The van der Waals surface area contributed by atoms with Gasteiger partial charge in [0.2, 0.25) is 5.91 Å². The number of hydrogen-bond donors (Lipinski definition) is 1. The zero-order valence-corrected chi connectivity index (χ0v) is 16.8. The van der Waals surface area contributed by atoms with Crippen molar-refractivity contribution in [3.8, 4) is 0 Å². The van der Waals surface area contributed by atoms with Gasteiger partial charge in [0.1, 0.15) is 0 Å². The molecule has 1 N–H and O–H groups in total. The topological polar surface area (TPSA) is 34.0 Å². The number of alkyl halides is 3. The molecule has 3 aromatic rings. The molecular weight excluding hydrogens is 377 g/mol. The van der Waals surface area contributed by atoms with Crippen molar-refractivity contribution in [2.75, 3.05) is 6.54 Å². The van der Waals surface area contributed by atoms with Crippen LogP contribution >= 0.6 is 0 Å². The molecule has 3 nitrogen and oxygen atoms in total. The fourth-order valence-corrected chi connectivity index (χ4v) is 3.57. The van der Waals surface area contributed by atoms with Gasteiger partial charge in [-0.05, 0) is 29.2 Å². The number of halogens is 3. The van der Waals surface area contributed by atoms with Gasteiger partial charge in [0.05, 0.1) is 5.56 Å². The highest BCUT2D eigenvalue weighted by molar-refractivity contribution is 5.86. The highest BCUT2D eigenvalue weighted by Gasteiger charge is 2.32. The number of amides is 1. The van der Waals surface area contributed by atoms with E-state index in [9.17, 15) is 18.0 Å². The van der Waals surface area contributed by atoms with Gasteiger partial charge in [-0.25, -0.2) is 0 Å². The maximum atomic E-state index is 13.3. The second-order valence-corrected chi connectivity index (χ2v) is 7.79. The Hall–Kier alpha value is -2.76. The largest absolute Gasteiger partial charge is 0.416 e. The molecule has 1 amide bonds. The van der Waals surface area contributed by atoms with Crippen molar-refractivity contribution in [1.82, 2.24) is 9.88 Å². The Labute approximate surface area is 168 Å². The SMILES string of the molecule is CC(C)CNC(=O)C[C@@H](c1cccc(C(F)(F)F)c1)c1cn(C)c2ccccc12. The zero-order chi connectivity index (χ0) is 21.2. The summed E-state index contributed by atoms with van der Waals surface area (Å²) in [5.41, 5.74) is 1.60. The summed E-state index contributed by atoms with van der Waals surface area (Å²) in [4.78, 5) is 12.6. The Balaban J connectivity index is 2.06. The van der Waals surface area contributed by atoms with E-state index in [1.807, 2.05) is 55.9 Å². The minimum absolute atomic E-state index is 0.0854. The molecule has 29 heavy (non-hydrogen) atoms. The van der Waals surface area contributed by atoms with Crippen molar-refractivity contribution in [1.29, 1.82) is 0 Å². The van der Waals surface area contributed by atoms with Crippen LogP contribution in [0.4, 0.5) is 13.2 Å². The number of carbonyl (C=O) groups excluding carboxylic acids is 1. The summed E-state index contributed by atoms with van der Waals surface area (Å²) in [5.74, 6) is -0.354. The second kappa shape index (κ2) is 8.31. The van der Waals surface area contributed by atoms with Crippen LogP contribution in [0.2, 0.25) is 0 Å². The Morgan fingerprint density at radius 1 is 1.10 bits per heavy atom. The van der Waals surface area contributed by atoms with Gasteiger partial charge < -0.3 is 9.88 Å². The maximum absolute atomic E-state index is 13.3. The lowest BCUT2D eigenvalue weighted by Gasteiger charge is -2.19. The van der Waals surface area contributed by atoms with Gasteiger partial charge in [0, 0.05) is 43.0 Å². The predicted octanol–water partition coefficient (Wildman–Crippen LogP) is 5.49. The molecule has 0 saturated carbocycles. The van der Waals surface area contributed by atoms with E-state index in [2.05, 4.69) is 5.32 Å². The Morgan fingerprint density at radius 2 is 1.83 bits per heavy atom. The number of nitrogens with zero attached hydrogens (tertiary/aromatic N) is 1. The molecule has 3 rings (SSSR count). The molecule has 0 aliphatic carbocycles. The van der Waals surface area contributed by atoms with Crippen LogP contribution in [0.25, 0.3) is 10.9 Å². The normalized spacial score (nSPS) is 13.1. The van der Waals surface area contributed by atoms with E-state index in [-0.39, 0.29) is 12.3 Å². The Bertz CT molecular complexity index is 1000. The number of aryl methyl sites for hydroxylation is 1. The Kier molecular flexibility index (Phi) is 6.01. The van der Waals surface area contributed by atoms with E-state index < -0.39 is 17.7 Å². The van der Waals surface area contributed by atoms with Crippen molar-refractivity contribution < 1.29 is 18.0 Å². The summed E-state index contributed by atoms with van der Waals surface area (Å²) >= 11 is 0. The minimum atomic E-state index is -4.43. The first-order valence-corrected chi connectivity index (χ1v) is 9.64.